The summed E-state index contributed by atoms with van der Waals surface area (Å²) in [5, 5.41) is 0. The lowest BCUT2D eigenvalue weighted by Gasteiger charge is -2.37. The van der Waals surface area contributed by atoms with E-state index in [4.69, 9.17) is 10.7 Å². The monoisotopic (exact) mass is 376 g/mol. The van der Waals surface area contributed by atoms with Crippen molar-refractivity contribution in [2.75, 3.05) is 0 Å². The lowest BCUT2D eigenvalue weighted by atomic mass is 9.69. The maximum absolute atomic E-state index is 6.33. The molecule has 2 N–H and O–H groups in total. The molecule has 1 aliphatic carbocycles. The summed E-state index contributed by atoms with van der Waals surface area (Å²) in [6.45, 7) is 16.0. The number of fused-ring (bicyclic) bond motifs is 1. The minimum Gasteiger partial charge on any atom is -0.404 e. The third-order valence-corrected chi connectivity index (χ3v) is 6.57. The molecule has 0 aromatic heterocycles. The lowest BCUT2D eigenvalue weighted by Crippen LogP contribution is -2.27. The number of benzene rings is 1. The number of aryl methyl sites for hydroxylation is 1. The predicted molar refractivity (Wildman–Crippen MR) is 121 cm³/mol. The fraction of sp³-hybridized carbons (Fsp3) is 0.500. The summed E-state index contributed by atoms with van der Waals surface area (Å²) in [7, 11) is 0. The van der Waals surface area contributed by atoms with Crippen LogP contribution >= 0.6 is 0 Å². The van der Waals surface area contributed by atoms with E-state index in [0.29, 0.717) is 11.3 Å². The number of rotatable bonds is 2. The molecule has 28 heavy (non-hydrogen) atoms. The normalized spacial score (nSPS) is 31.2. The van der Waals surface area contributed by atoms with Crippen molar-refractivity contribution in [3.8, 4) is 0 Å². The molecule has 1 aromatic carbocycles. The summed E-state index contributed by atoms with van der Waals surface area (Å²) in [6.07, 6.45) is 5.17. The number of aliphatic imine (C=N–C) groups is 1. The zero-order chi connectivity index (χ0) is 20.6. The smallest absolute Gasteiger partial charge is 0.0441 e. The summed E-state index contributed by atoms with van der Waals surface area (Å²) in [6, 6.07) is 8.72. The largest absolute Gasteiger partial charge is 0.404 e. The Morgan fingerprint density at radius 2 is 1.82 bits per heavy atom. The molecule has 1 unspecified atom stereocenters. The SMILES string of the molecule is CC1=C(/C(C)C)C(c2ccccc2C)C(=C\N)/C(C)=C2/CC(C)(C)CC/C2=N/1. The molecule has 1 aromatic rings. The van der Waals surface area contributed by atoms with E-state index in [0.717, 1.165) is 12.8 Å². The van der Waals surface area contributed by atoms with Gasteiger partial charge >= 0.3 is 0 Å². The van der Waals surface area contributed by atoms with Gasteiger partial charge in [0.25, 0.3) is 0 Å². The van der Waals surface area contributed by atoms with Crippen LogP contribution in [0.3, 0.4) is 0 Å². The van der Waals surface area contributed by atoms with Crippen LogP contribution in [-0.2, 0) is 0 Å². The molecule has 2 nitrogen and oxygen atoms in total. The molecule has 1 aliphatic heterocycles. The second-order valence-electron chi connectivity index (χ2n) is 9.61. The van der Waals surface area contributed by atoms with Crippen molar-refractivity contribution >= 4 is 5.71 Å². The van der Waals surface area contributed by atoms with E-state index in [9.17, 15) is 0 Å². The van der Waals surface area contributed by atoms with Gasteiger partial charge in [0, 0.05) is 17.3 Å². The van der Waals surface area contributed by atoms with Gasteiger partial charge in [0.2, 0.25) is 0 Å². The quantitative estimate of drug-likeness (QED) is 0.603. The van der Waals surface area contributed by atoms with Gasteiger partial charge in [-0.1, -0.05) is 52.0 Å². The molecule has 0 spiro atoms. The number of allylic oxidation sites excluding steroid dienone is 5. The maximum atomic E-state index is 6.33. The van der Waals surface area contributed by atoms with Crippen LogP contribution in [0.1, 0.15) is 77.8 Å². The average molecular weight is 377 g/mol. The first-order valence-corrected chi connectivity index (χ1v) is 10.6. The number of hydrogen-bond acceptors (Lipinski definition) is 2. The lowest BCUT2D eigenvalue weighted by molar-refractivity contribution is 0.329. The molecule has 2 aliphatic rings. The van der Waals surface area contributed by atoms with Crippen LogP contribution in [0.25, 0.3) is 0 Å². The van der Waals surface area contributed by atoms with Crippen LogP contribution in [0.4, 0.5) is 0 Å². The molecule has 0 saturated heterocycles. The first kappa shape index (κ1) is 20.6. The molecular weight excluding hydrogens is 340 g/mol. The van der Waals surface area contributed by atoms with E-state index in [1.165, 1.54) is 51.2 Å². The van der Waals surface area contributed by atoms with Crippen molar-refractivity contribution in [2.24, 2.45) is 22.1 Å². The molecule has 1 atom stereocenters. The van der Waals surface area contributed by atoms with E-state index in [1.807, 2.05) is 6.20 Å². The Balaban J connectivity index is 2.34. The van der Waals surface area contributed by atoms with Crippen LogP contribution in [0.15, 0.2) is 63.4 Å². The first-order valence-electron chi connectivity index (χ1n) is 10.6. The van der Waals surface area contributed by atoms with Crippen molar-refractivity contribution in [3.63, 3.8) is 0 Å². The standard InChI is InChI=1S/C26H36N2/c1-16(2)24-19(5)28-23-12-13-26(6,7)14-21(23)18(4)22(15-27)25(24)20-11-9-8-10-17(20)3/h8-11,15-16,25H,12-14,27H2,1-7H3/b21-18-,22-15-,24-19-,28-23-. The van der Waals surface area contributed by atoms with Crippen LogP contribution in [-0.4, -0.2) is 5.71 Å². The second kappa shape index (κ2) is 7.73. The summed E-state index contributed by atoms with van der Waals surface area (Å²) in [5.74, 6) is 0.562. The zero-order valence-corrected chi connectivity index (χ0v) is 18.7. The molecule has 0 bridgehead atoms. The summed E-state index contributed by atoms with van der Waals surface area (Å²) < 4.78 is 0. The summed E-state index contributed by atoms with van der Waals surface area (Å²) >= 11 is 0. The number of nitrogens with two attached hydrogens (primary N) is 1. The Kier molecular flexibility index (Phi) is 5.70. The topological polar surface area (TPSA) is 38.4 Å². The van der Waals surface area contributed by atoms with Crippen LogP contribution in [0.5, 0.6) is 0 Å². The molecule has 1 heterocycles. The Hall–Kier alpha value is -2.09. The predicted octanol–water partition coefficient (Wildman–Crippen LogP) is 6.83. The summed E-state index contributed by atoms with van der Waals surface area (Å²) in [4.78, 5) is 5.22. The molecule has 1 fully saturated rings. The fourth-order valence-corrected chi connectivity index (χ4v) is 5.00. The molecule has 0 amide bonds. The Bertz CT molecular complexity index is 891. The minimum atomic E-state index is 0.161. The van der Waals surface area contributed by atoms with Crippen molar-refractivity contribution in [3.05, 3.63) is 69.6 Å². The molecule has 0 radical (unpaired) electrons. The third kappa shape index (κ3) is 3.74. The Labute approximate surface area is 171 Å². The Morgan fingerprint density at radius 3 is 2.43 bits per heavy atom. The van der Waals surface area contributed by atoms with Gasteiger partial charge in [-0.25, -0.2) is 0 Å². The van der Waals surface area contributed by atoms with E-state index in [2.05, 4.69) is 72.7 Å². The van der Waals surface area contributed by atoms with Gasteiger partial charge < -0.3 is 5.73 Å². The highest BCUT2D eigenvalue weighted by atomic mass is 14.8. The van der Waals surface area contributed by atoms with E-state index < -0.39 is 0 Å². The Morgan fingerprint density at radius 1 is 1.14 bits per heavy atom. The van der Waals surface area contributed by atoms with Crippen LogP contribution < -0.4 is 5.73 Å². The van der Waals surface area contributed by atoms with Gasteiger partial charge in [0.15, 0.2) is 0 Å². The van der Waals surface area contributed by atoms with Gasteiger partial charge in [-0.3, -0.25) is 4.99 Å². The van der Waals surface area contributed by atoms with Gasteiger partial charge in [-0.15, -0.1) is 0 Å². The second-order valence-corrected chi connectivity index (χ2v) is 9.61. The van der Waals surface area contributed by atoms with Gasteiger partial charge in [-0.05, 0) is 91.0 Å². The van der Waals surface area contributed by atoms with Crippen molar-refractivity contribution in [1.29, 1.82) is 0 Å². The molecular formula is C26H36N2. The molecule has 3 rings (SSSR count). The highest BCUT2D eigenvalue weighted by Gasteiger charge is 2.34. The fourth-order valence-electron chi connectivity index (χ4n) is 5.00. The minimum absolute atomic E-state index is 0.161. The number of hydrogen-bond donors (Lipinski definition) is 1. The molecule has 150 valence electrons. The highest BCUT2D eigenvalue weighted by molar-refractivity contribution is 6.03. The molecule has 1 saturated carbocycles. The highest BCUT2D eigenvalue weighted by Crippen LogP contribution is 2.47. The van der Waals surface area contributed by atoms with Crippen molar-refractivity contribution in [2.45, 2.75) is 73.6 Å². The third-order valence-electron chi connectivity index (χ3n) is 6.57. The molecule has 2 heteroatoms. The zero-order valence-electron chi connectivity index (χ0n) is 18.7. The van der Waals surface area contributed by atoms with Crippen LogP contribution in [0.2, 0.25) is 0 Å². The van der Waals surface area contributed by atoms with Crippen molar-refractivity contribution < 1.29 is 0 Å². The number of nitrogens with zero attached hydrogens (tertiary/aromatic N) is 1. The van der Waals surface area contributed by atoms with E-state index >= 15 is 0 Å². The van der Waals surface area contributed by atoms with E-state index in [-0.39, 0.29) is 5.92 Å². The maximum Gasteiger partial charge on any atom is 0.0441 e. The van der Waals surface area contributed by atoms with Gasteiger partial charge in [0.1, 0.15) is 0 Å². The summed E-state index contributed by atoms with van der Waals surface area (Å²) in [5.41, 5.74) is 17.1. The van der Waals surface area contributed by atoms with Gasteiger partial charge in [0.05, 0.1) is 0 Å². The van der Waals surface area contributed by atoms with Gasteiger partial charge in [-0.2, -0.15) is 0 Å². The first-order chi connectivity index (χ1) is 13.2. The average Bonchev–Trinajstić information content (AvgIpc) is 2.62. The van der Waals surface area contributed by atoms with E-state index in [1.54, 1.807) is 0 Å². The van der Waals surface area contributed by atoms with Crippen LogP contribution in [0, 0.1) is 18.3 Å². The van der Waals surface area contributed by atoms with Crippen molar-refractivity contribution in [1.82, 2.24) is 0 Å².